The van der Waals surface area contributed by atoms with Crippen molar-refractivity contribution in [1.82, 2.24) is 0 Å². The highest BCUT2D eigenvalue weighted by atomic mass is 35.5. The predicted molar refractivity (Wildman–Crippen MR) is 77.5 cm³/mol. The van der Waals surface area contributed by atoms with Gasteiger partial charge >= 0.3 is 0 Å². The lowest BCUT2D eigenvalue weighted by atomic mass is 10.0. The Morgan fingerprint density at radius 1 is 1.15 bits per heavy atom. The van der Waals surface area contributed by atoms with Gasteiger partial charge < -0.3 is 0 Å². The van der Waals surface area contributed by atoms with Gasteiger partial charge in [-0.1, -0.05) is 41.9 Å². The van der Waals surface area contributed by atoms with Gasteiger partial charge in [0.25, 0.3) is 5.69 Å². The van der Waals surface area contributed by atoms with Crippen LogP contribution in [0, 0.1) is 10.1 Å². The van der Waals surface area contributed by atoms with Gasteiger partial charge in [-0.05, 0) is 11.6 Å². The molecule has 0 bridgehead atoms. The maximum Gasteiger partial charge on any atom is 0.271 e. The van der Waals surface area contributed by atoms with E-state index in [0.29, 0.717) is 5.56 Å². The highest BCUT2D eigenvalue weighted by Crippen LogP contribution is 2.28. The van der Waals surface area contributed by atoms with Crippen molar-refractivity contribution in [2.75, 3.05) is 0 Å². The largest absolute Gasteiger partial charge is 0.292 e. The molecule has 0 aliphatic rings. The number of carbonyl (C=O) groups excluding carboxylic acids is 1. The van der Waals surface area contributed by atoms with E-state index in [0.717, 1.165) is 0 Å². The van der Waals surface area contributed by atoms with Gasteiger partial charge in [-0.25, -0.2) is 0 Å². The number of halogens is 2. The fourth-order valence-electron chi connectivity index (χ4n) is 1.74. The van der Waals surface area contributed by atoms with Crippen LogP contribution in [-0.4, -0.2) is 10.7 Å². The Bertz CT molecular complexity index is 659. The number of rotatable bonds is 4. The minimum absolute atomic E-state index is 0.119. The molecule has 0 spiro atoms. The lowest BCUT2D eigenvalue weighted by Crippen LogP contribution is -2.08. The molecule has 20 heavy (non-hydrogen) atoms. The summed E-state index contributed by atoms with van der Waals surface area (Å²) in [6.07, 6.45) is 0. The number of nitro benzene ring substituents is 1. The molecule has 0 saturated heterocycles. The van der Waals surface area contributed by atoms with Gasteiger partial charge in [-0.2, -0.15) is 0 Å². The number of hydrogen-bond donors (Lipinski definition) is 0. The molecule has 6 heteroatoms. The number of benzene rings is 2. The van der Waals surface area contributed by atoms with Crippen LogP contribution in [0.3, 0.4) is 0 Å². The zero-order valence-corrected chi connectivity index (χ0v) is 11.6. The monoisotopic (exact) mass is 309 g/mol. The summed E-state index contributed by atoms with van der Waals surface area (Å²) in [4.78, 5) is 22.4. The molecule has 2 aromatic carbocycles. The van der Waals surface area contributed by atoms with Gasteiger partial charge in [-0.15, -0.1) is 11.6 Å². The minimum atomic E-state index is -0.908. The van der Waals surface area contributed by atoms with Crippen molar-refractivity contribution in [2.24, 2.45) is 0 Å². The molecule has 0 fully saturated rings. The van der Waals surface area contributed by atoms with E-state index in [2.05, 4.69) is 0 Å². The van der Waals surface area contributed by atoms with Crippen molar-refractivity contribution < 1.29 is 9.72 Å². The van der Waals surface area contributed by atoms with Crippen LogP contribution >= 0.6 is 23.2 Å². The standard InChI is InChI=1S/C14H9Cl2NO3/c15-11-6-10(7-12(8-11)17(19)20)14(18)13(16)9-4-2-1-3-5-9/h1-8,13H. The number of nitro groups is 1. The third kappa shape index (κ3) is 3.15. The summed E-state index contributed by atoms with van der Waals surface area (Å²) in [6, 6.07) is 12.5. The molecule has 2 aromatic rings. The van der Waals surface area contributed by atoms with E-state index in [4.69, 9.17) is 23.2 Å². The van der Waals surface area contributed by atoms with Gasteiger partial charge in [0, 0.05) is 22.7 Å². The SMILES string of the molecule is O=C(c1cc(Cl)cc([N+](=O)[O-])c1)C(Cl)c1ccccc1. The molecule has 0 amide bonds. The van der Waals surface area contributed by atoms with Gasteiger partial charge in [-0.3, -0.25) is 14.9 Å². The van der Waals surface area contributed by atoms with Crippen molar-refractivity contribution in [2.45, 2.75) is 5.38 Å². The minimum Gasteiger partial charge on any atom is -0.292 e. The third-order valence-electron chi connectivity index (χ3n) is 2.70. The average molecular weight is 310 g/mol. The normalized spacial score (nSPS) is 11.9. The summed E-state index contributed by atoms with van der Waals surface area (Å²) in [7, 11) is 0. The Hall–Kier alpha value is -1.91. The Balaban J connectivity index is 2.36. The second-order valence-electron chi connectivity index (χ2n) is 4.09. The Morgan fingerprint density at radius 2 is 1.80 bits per heavy atom. The van der Waals surface area contributed by atoms with E-state index in [1.165, 1.54) is 18.2 Å². The first-order valence-corrected chi connectivity index (χ1v) is 6.48. The Labute approximate surface area is 125 Å². The lowest BCUT2D eigenvalue weighted by Gasteiger charge is -2.09. The summed E-state index contributed by atoms with van der Waals surface area (Å²) in [5, 5.41) is 9.99. The molecule has 0 heterocycles. The molecule has 0 aliphatic heterocycles. The van der Waals surface area contributed by atoms with Crippen LogP contribution in [0.15, 0.2) is 48.5 Å². The molecule has 0 radical (unpaired) electrons. The fraction of sp³-hybridized carbons (Fsp3) is 0.0714. The molecular formula is C14H9Cl2NO3. The topological polar surface area (TPSA) is 60.2 Å². The van der Waals surface area contributed by atoms with E-state index in [1.807, 2.05) is 6.07 Å². The van der Waals surface area contributed by atoms with E-state index >= 15 is 0 Å². The van der Waals surface area contributed by atoms with Gasteiger partial charge in [0.15, 0.2) is 5.78 Å². The number of Topliss-reactive ketones (excluding diaryl/α,β-unsaturated/α-hetero) is 1. The molecule has 2 rings (SSSR count). The maximum absolute atomic E-state index is 12.3. The Morgan fingerprint density at radius 3 is 2.40 bits per heavy atom. The second kappa shape index (κ2) is 6.03. The first-order valence-electron chi connectivity index (χ1n) is 5.67. The maximum atomic E-state index is 12.3. The van der Waals surface area contributed by atoms with Crippen LogP contribution in [0.2, 0.25) is 5.02 Å². The van der Waals surface area contributed by atoms with Gasteiger partial charge in [0.05, 0.1) is 4.92 Å². The molecule has 0 aliphatic carbocycles. The Kier molecular flexibility index (Phi) is 4.37. The van der Waals surface area contributed by atoms with Crippen molar-refractivity contribution in [1.29, 1.82) is 0 Å². The average Bonchev–Trinajstić information content (AvgIpc) is 2.46. The third-order valence-corrected chi connectivity index (χ3v) is 3.37. The highest BCUT2D eigenvalue weighted by molar-refractivity contribution is 6.35. The van der Waals surface area contributed by atoms with Crippen molar-refractivity contribution >= 4 is 34.7 Å². The van der Waals surface area contributed by atoms with Crippen molar-refractivity contribution in [3.8, 4) is 0 Å². The number of non-ortho nitro benzene ring substituents is 1. The quantitative estimate of drug-likeness (QED) is 0.364. The molecule has 102 valence electrons. The summed E-state index contributed by atoms with van der Waals surface area (Å²) < 4.78 is 0. The summed E-state index contributed by atoms with van der Waals surface area (Å²) >= 11 is 11.9. The second-order valence-corrected chi connectivity index (χ2v) is 4.97. The van der Waals surface area contributed by atoms with Crippen LogP contribution in [0.1, 0.15) is 21.3 Å². The van der Waals surface area contributed by atoms with Crippen LogP contribution in [0.25, 0.3) is 0 Å². The number of carbonyl (C=O) groups is 1. The van der Waals surface area contributed by atoms with Gasteiger partial charge in [0.2, 0.25) is 0 Å². The fourth-order valence-corrected chi connectivity index (χ4v) is 2.24. The van der Waals surface area contributed by atoms with Crippen molar-refractivity contribution in [3.63, 3.8) is 0 Å². The van der Waals surface area contributed by atoms with Gasteiger partial charge in [0.1, 0.15) is 5.38 Å². The zero-order valence-electron chi connectivity index (χ0n) is 10.1. The molecule has 1 unspecified atom stereocenters. The van der Waals surface area contributed by atoms with E-state index < -0.39 is 16.1 Å². The summed E-state index contributed by atoms with van der Waals surface area (Å²) in [6.45, 7) is 0. The summed E-state index contributed by atoms with van der Waals surface area (Å²) in [5.74, 6) is -0.427. The first kappa shape index (κ1) is 14.5. The molecule has 0 aromatic heterocycles. The zero-order chi connectivity index (χ0) is 14.7. The molecule has 0 N–H and O–H groups in total. The van der Waals surface area contributed by atoms with E-state index in [-0.39, 0.29) is 16.3 Å². The molecule has 1 atom stereocenters. The lowest BCUT2D eigenvalue weighted by molar-refractivity contribution is -0.384. The number of ketones is 1. The summed E-state index contributed by atoms with van der Waals surface area (Å²) in [5.41, 5.74) is 0.507. The first-order chi connectivity index (χ1) is 9.49. The highest BCUT2D eigenvalue weighted by Gasteiger charge is 2.22. The van der Waals surface area contributed by atoms with Crippen molar-refractivity contribution in [3.05, 3.63) is 74.8 Å². The predicted octanol–water partition coefficient (Wildman–Crippen LogP) is 4.41. The molecule has 4 nitrogen and oxygen atoms in total. The van der Waals surface area contributed by atoms with E-state index in [9.17, 15) is 14.9 Å². The molecular weight excluding hydrogens is 301 g/mol. The van der Waals surface area contributed by atoms with Crippen LogP contribution in [0.5, 0.6) is 0 Å². The van der Waals surface area contributed by atoms with Crippen LogP contribution in [-0.2, 0) is 0 Å². The number of alkyl halides is 1. The number of hydrogen-bond acceptors (Lipinski definition) is 3. The number of nitrogens with zero attached hydrogens (tertiary/aromatic N) is 1. The van der Waals surface area contributed by atoms with Crippen LogP contribution in [0.4, 0.5) is 5.69 Å². The molecule has 0 saturated carbocycles. The van der Waals surface area contributed by atoms with E-state index in [1.54, 1.807) is 24.3 Å². The van der Waals surface area contributed by atoms with Crippen LogP contribution < -0.4 is 0 Å². The smallest absolute Gasteiger partial charge is 0.271 e.